The van der Waals surface area contributed by atoms with Crippen LogP contribution in [0.2, 0.25) is 0 Å². The van der Waals surface area contributed by atoms with Crippen molar-refractivity contribution < 1.29 is 4.74 Å². The first kappa shape index (κ1) is 14.8. The lowest BCUT2D eigenvalue weighted by molar-refractivity contribution is 0.118. The van der Waals surface area contributed by atoms with Crippen LogP contribution in [-0.4, -0.2) is 37.3 Å². The van der Waals surface area contributed by atoms with Crippen LogP contribution in [0.3, 0.4) is 0 Å². The summed E-state index contributed by atoms with van der Waals surface area (Å²) >= 11 is 1.72. The molecule has 2 atom stereocenters. The summed E-state index contributed by atoms with van der Waals surface area (Å²) in [5.74, 6) is 0.678. The first-order valence-corrected chi connectivity index (χ1v) is 7.95. The van der Waals surface area contributed by atoms with Gasteiger partial charge in [0.15, 0.2) is 5.13 Å². The Morgan fingerprint density at radius 1 is 1.58 bits per heavy atom. The number of aromatic nitrogens is 1. The number of likely N-dealkylation sites (N-methyl/N-ethyl adjacent to an activating group) is 1. The van der Waals surface area contributed by atoms with E-state index in [1.165, 1.54) is 0 Å². The number of nitrogens with zero attached hydrogens (tertiary/aromatic N) is 2. The third-order valence-corrected chi connectivity index (χ3v) is 4.51. The highest BCUT2D eigenvalue weighted by atomic mass is 32.1. The van der Waals surface area contributed by atoms with Crippen LogP contribution in [0.25, 0.3) is 0 Å². The molecule has 0 aromatic carbocycles. The van der Waals surface area contributed by atoms with E-state index < -0.39 is 0 Å². The van der Waals surface area contributed by atoms with Crippen LogP contribution < -0.4 is 10.2 Å². The number of thiazole rings is 1. The van der Waals surface area contributed by atoms with E-state index in [4.69, 9.17) is 9.72 Å². The Morgan fingerprint density at radius 3 is 3.00 bits per heavy atom. The van der Waals surface area contributed by atoms with E-state index in [0.29, 0.717) is 18.1 Å². The van der Waals surface area contributed by atoms with Gasteiger partial charge in [-0.3, -0.25) is 0 Å². The highest BCUT2D eigenvalue weighted by molar-refractivity contribution is 7.13. The molecule has 1 aliphatic heterocycles. The zero-order valence-electron chi connectivity index (χ0n) is 12.3. The lowest BCUT2D eigenvalue weighted by atomic mass is 10.1. The molecule has 0 bridgehead atoms. The number of hydrogen-bond donors (Lipinski definition) is 1. The Labute approximate surface area is 120 Å². The van der Waals surface area contributed by atoms with E-state index >= 15 is 0 Å². The first-order valence-electron chi connectivity index (χ1n) is 7.07. The van der Waals surface area contributed by atoms with E-state index in [1.54, 1.807) is 11.3 Å². The molecule has 0 amide bonds. The van der Waals surface area contributed by atoms with E-state index in [9.17, 15) is 0 Å². The highest BCUT2D eigenvalue weighted by Crippen LogP contribution is 2.26. The molecule has 0 spiro atoms. The van der Waals surface area contributed by atoms with Crippen molar-refractivity contribution in [1.29, 1.82) is 0 Å². The van der Waals surface area contributed by atoms with Crippen LogP contribution in [0, 0.1) is 5.92 Å². The largest absolute Gasteiger partial charge is 0.376 e. The summed E-state index contributed by atoms with van der Waals surface area (Å²) in [6.07, 6.45) is 1.40. The van der Waals surface area contributed by atoms with E-state index in [-0.39, 0.29) is 0 Å². The second-order valence-electron chi connectivity index (χ2n) is 5.69. The van der Waals surface area contributed by atoms with Crippen molar-refractivity contribution in [3.63, 3.8) is 0 Å². The molecular formula is C14H25N3OS. The molecule has 2 rings (SSSR count). The SMILES string of the molecule is CC(C)CNCc1csc(N(C)C2CCOC2C)n1. The fourth-order valence-electron chi connectivity index (χ4n) is 2.40. The van der Waals surface area contributed by atoms with Gasteiger partial charge in [0.2, 0.25) is 0 Å². The summed E-state index contributed by atoms with van der Waals surface area (Å²) in [5, 5.41) is 6.69. The van der Waals surface area contributed by atoms with Gasteiger partial charge in [0.1, 0.15) is 0 Å². The van der Waals surface area contributed by atoms with Gasteiger partial charge >= 0.3 is 0 Å². The average molecular weight is 283 g/mol. The van der Waals surface area contributed by atoms with Gasteiger partial charge in [-0.1, -0.05) is 13.8 Å². The van der Waals surface area contributed by atoms with Gasteiger partial charge in [-0.15, -0.1) is 11.3 Å². The van der Waals surface area contributed by atoms with Gasteiger partial charge in [0, 0.05) is 25.6 Å². The van der Waals surface area contributed by atoms with E-state index in [1.807, 2.05) is 0 Å². The second kappa shape index (κ2) is 6.68. The second-order valence-corrected chi connectivity index (χ2v) is 6.53. The highest BCUT2D eigenvalue weighted by Gasteiger charge is 2.29. The lowest BCUT2D eigenvalue weighted by Crippen LogP contribution is -2.36. The zero-order valence-corrected chi connectivity index (χ0v) is 13.2. The van der Waals surface area contributed by atoms with Crippen molar-refractivity contribution in [3.8, 4) is 0 Å². The van der Waals surface area contributed by atoms with Crippen LogP contribution in [0.1, 0.15) is 32.9 Å². The van der Waals surface area contributed by atoms with Gasteiger partial charge < -0.3 is 15.0 Å². The molecule has 2 heterocycles. The maximum atomic E-state index is 5.63. The molecule has 1 N–H and O–H groups in total. The summed E-state index contributed by atoms with van der Waals surface area (Å²) in [5.41, 5.74) is 1.14. The number of hydrogen-bond acceptors (Lipinski definition) is 5. The monoisotopic (exact) mass is 283 g/mol. The van der Waals surface area contributed by atoms with Crippen LogP contribution in [0.5, 0.6) is 0 Å². The summed E-state index contributed by atoms with van der Waals surface area (Å²) in [7, 11) is 2.13. The normalized spacial score (nSPS) is 23.2. The Kier molecular flexibility index (Phi) is 5.19. The zero-order chi connectivity index (χ0) is 13.8. The third kappa shape index (κ3) is 3.91. The Hall–Kier alpha value is -0.650. The Morgan fingerprint density at radius 2 is 2.37 bits per heavy atom. The van der Waals surface area contributed by atoms with Crippen molar-refractivity contribution in [3.05, 3.63) is 11.1 Å². The van der Waals surface area contributed by atoms with Gasteiger partial charge in [-0.2, -0.15) is 0 Å². The van der Waals surface area contributed by atoms with Crippen molar-refractivity contribution in [2.75, 3.05) is 25.1 Å². The summed E-state index contributed by atoms with van der Waals surface area (Å²) in [6.45, 7) is 9.34. The van der Waals surface area contributed by atoms with Gasteiger partial charge in [0.05, 0.1) is 17.8 Å². The fourth-order valence-corrected chi connectivity index (χ4v) is 3.25. The van der Waals surface area contributed by atoms with E-state index in [0.717, 1.165) is 36.9 Å². The minimum Gasteiger partial charge on any atom is -0.376 e. The first-order chi connectivity index (χ1) is 9.08. The van der Waals surface area contributed by atoms with Crippen molar-refractivity contribution in [1.82, 2.24) is 10.3 Å². The molecule has 108 valence electrons. The molecule has 4 nitrogen and oxygen atoms in total. The minimum absolute atomic E-state index is 0.302. The van der Waals surface area contributed by atoms with E-state index in [2.05, 4.69) is 43.4 Å². The van der Waals surface area contributed by atoms with Gasteiger partial charge in [0.25, 0.3) is 0 Å². The molecule has 19 heavy (non-hydrogen) atoms. The summed E-state index contributed by atoms with van der Waals surface area (Å²) in [6, 6.07) is 0.461. The Bertz CT molecular complexity index is 394. The molecule has 1 aromatic rings. The van der Waals surface area contributed by atoms with Crippen LogP contribution in [0.15, 0.2) is 5.38 Å². The van der Waals surface area contributed by atoms with Crippen LogP contribution in [0.4, 0.5) is 5.13 Å². The number of anilines is 1. The molecule has 0 aliphatic carbocycles. The molecule has 1 fully saturated rings. The molecule has 1 aliphatic rings. The minimum atomic E-state index is 0.302. The third-order valence-electron chi connectivity index (χ3n) is 3.53. The molecule has 1 saturated heterocycles. The molecule has 0 saturated carbocycles. The Balaban J connectivity index is 1.89. The molecule has 2 unspecified atom stereocenters. The molecule has 5 heteroatoms. The maximum absolute atomic E-state index is 5.63. The average Bonchev–Trinajstić information content (AvgIpc) is 2.97. The van der Waals surface area contributed by atoms with Crippen LogP contribution >= 0.6 is 11.3 Å². The topological polar surface area (TPSA) is 37.4 Å². The number of ether oxygens (including phenoxy) is 1. The predicted octanol–water partition coefficient (Wildman–Crippen LogP) is 2.50. The van der Waals surface area contributed by atoms with Crippen molar-refractivity contribution >= 4 is 16.5 Å². The van der Waals surface area contributed by atoms with Crippen molar-refractivity contribution in [2.24, 2.45) is 5.92 Å². The van der Waals surface area contributed by atoms with Gasteiger partial charge in [-0.05, 0) is 25.8 Å². The number of nitrogens with one attached hydrogen (secondary N) is 1. The molecular weight excluding hydrogens is 258 g/mol. The van der Waals surface area contributed by atoms with Crippen LogP contribution in [-0.2, 0) is 11.3 Å². The smallest absolute Gasteiger partial charge is 0.185 e. The number of rotatable bonds is 6. The quantitative estimate of drug-likeness (QED) is 0.870. The lowest BCUT2D eigenvalue weighted by Gasteiger charge is -2.26. The summed E-state index contributed by atoms with van der Waals surface area (Å²) in [4.78, 5) is 6.98. The summed E-state index contributed by atoms with van der Waals surface area (Å²) < 4.78 is 5.63. The van der Waals surface area contributed by atoms with Gasteiger partial charge in [-0.25, -0.2) is 4.98 Å². The molecule has 0 radical (unpaired) electrons. The maximum Gasteiger partial charge on any atom is 0.185 e. The predicted molar refractivity (Wildman–Crippen MR) is 80.9 cm³/mol. The van der Waals surface area contributed by atoms with Crippen molar-refractivity contribution in [2.45, 2.75) is 45.9 Å². The molecule has 1 aromatic heterocycles. The fraction of sp³-hybridized carbons (Fsp3) is 0.786. The standard InChI is InChI=1S/C14H25N3OS/c1-10(2)7-15-8-12-9-19-14(16-12)17(4)13-5-6-18-11(13)3/h9-11,13,15H,5-8H2,1-4H3.